The van der Waals surface area contributed by atoms with E-state index in [0.717, 1.165) is 27.8 Å². The van der Waals surface area contributed by atoms with E-state index in [4.69, 9.17) is 9.85 Å². The standard InChI is InChI=1S/C15H17NO/c1-9-5-6-10-8-14-11(13(10)7-9)3-2-4-12(14)15(16)17/h5-7,12H,2-4,8H2,1H3,(H2,16,17)/i4D2,7D. The molecule has 0 spiro atoms. The average Bonchev–Trinajstić information content (AvgIpc) is 2.70. The first-order valence-corrected chi connectivity index (χ1v) is 5.93. The van der Waals surface area contributed by atoms with Crippen LogP contribution in [0.15, 0.2) is 23.7 Å². The molecule has 2 N–H and O–H groups in total. The van der Waals surface area contributed by atoms with E-state index in [1.54, 1.807) is 0 Å². The third kappa shape index (κ3) is 1.59. The number of carbonyl (C=O) groups is 1. The molecule has 0 fully saturated rings. The highest BCUT2D eigenvalue weighted by molar-refractivity contribution is 5.87. The van der Waals surface area contributed by atoms with Crippen LogP contribution in [0, 0.1) is 12.8 Å². The van der Waals surface area contributed by atoms with Gasteiger partial charge in [0.05, 0.1) is 7.29 Å². The highest BCUT2D eigenvalue weighted by Crippen LogP contribution is 2.44. The van der Waals surface area contributed by atoms with Gasteiger partial charge in [0, 0.05) is 2.74 Å². The fourth-order valence-corrected chi connectivity index (χ4v) is 2.82. The van der Waals surface area contributed by atoms with Gasteiger partial charge in [-0.25, -0.2) is 0 Å². The number of nitrogens with two attached hydrogens (primary N) is 1. The van der Waals surface area contributed by atoms with Crippen molar-refractivity contribution in [2.75, 3.05) is 0 Å². The Morgan fingerprint density at radius 3 is 3.18 bits per heavy atom. The number of fused-ring (bicyclic) bond motifs is 2. The van der Waals surface area contributed by atoms with Crippen LogP contribution in [-0.4, -0.2) is 5.91 Å². The van der Waals surface area contributed by atoms with Crippen molar-refractivity contribution in [2.24, 2.45) is 11.7 Å². The van der Waals surface area contributed by atoms with E-state index >= 15 is 0 Å². The van der Waals surface area contributed by atoms with Crippen LogP contribution in [0.4, 0.5) is 0 Å². The van der Waals surface area contributed by atoms with Crippen LogP contribution in [0.1, 0.15) is 40.0 Å². The van der Waals surface area contributed by atoms with Gasteiger partial charge in [-0.1, -0.05) is 23.7 Å². The van der Waals surface area contributed by atoms with Gasteiger partial charge in [-0.05, 0) is 54.8 Å². The number of hydrogen-bond donors (Lipinski definition) is 1. The van der Waals surface area contributed by atoms with E-state index in [9.17, 15) is 4.79 Å². The Kier molecular flexibility index (Phi) is 1.69. The summed E-state index contributed by atoms with van der Waals surface area (Å²) in [5.41, 5.74) is 10.0. The van der Waals surface area contributed by atoms with Crippen LogP contribution in [0.3, 0.4) is 0 Å². The SMILES string of the molecule is [2H]c1c(C)ccc2c1C1=C(C2)C(C(N)=O)C([2H])([2H])CC1. The Hall–Kier alpha value is -1.57. The zero-order chi connectivity index (χ0) is 14.7. The third-order valence-corrected chi connectivity index (χ3v) is 3.60. The van der Waals surface area contributed by atoms with Gasteiger partial charge >= 0.3 is 0 Å². The number of primary amides is 1. The number of benzene rings is 1. The van der Waals surface area contributed by atoms with E-state index in [1.807, 2.05) is 19.1 Å². The molecule has 17 heavy (non-hydrogen) atoms. The van der Waals surface area contributed by atoms with Gasteiger partial charge in [-0.2, -0.15) is 0 Å². The molecule has 0 radical (unpaired) electrons. The molecule has 1 unspecified atom stereocenters. The molecular formula is C15H17NO. The number of hydrogen-bond acceptors (Lipinski definition) is 1. The minimum Gasteiger partial charge on any atom is -0.369 e. The number of rotatable bonds is 1. The van der Waals surface area contributed by atoms with Crippen molar-refractivity contribution in [3.8, 4) is 0 Å². The molecule has 1 atom stereocenters. The summed E-state index contributed by atoms with van der Waals surface area (Å²) in [4.78, 5) is 11.7. The molecule has 2 nitrogen and oxygen atoms in total. The fourth-order valence-electron chi connectivity index (χ4n) is 2.82. The van der Waals surface area contributed by atoms with Gasteiger partial charge in [0.25, 0.3) is 0 Å². The van der Waals surface area contributed by atoms with Crippen molar-refractivity contribution in [3.05, 3.63) is 40.4 Å². The smallest absolute Gasteiger partial charge is 0.224 e. The molecule has 2 aliphatic carbocycles. The number of amides is 1. The summed E-state index contributed by atoms with van der Waals surface area (Å²) in [6.45, 7) is 1.90. The average molecular weight is 230 g/mol. The van der Waals surface area contributed by atoms with Gasteiger partial charge in [0.1, 0.15) is 0 Å². The van der Waals surface area contributed by atoms with Crippen molar-refractivity contribution < 1.29 is 8.91 Å². The normalized spacial score (nSPS) is 27.8. The fraction of sp³-hybridized carbons (Fsp3) is 0.400. The largest absolute Gasteiger partial charge is 0.369 e. The van der Waals surface area contributed by atoms with Crippen LogP contribution in [0.2, 0.25) is 0 Å². The van der Waals surface area contributed by atoms with Gasteiger partial charge in [-0.3, -0.25) is 4.79 Å². The number of allylic oxidation sites excluding steroid dienone is 1. The second-order valence-corrected chi connectivity index (χ2v) is 4.76. The lowest BCUT2D eigenvalue weighted by atomic mass is 9.82. The van der Waals surface area contributed by atoms with Crippen molar-refractivity contribution in [3.63, 3.8) is 0 Å². The zero-order valence-corrected chi connectivity index (χ0v) is 9.84. The Morgan fingerprint density at radius 1 is 1.59 bits per heavy atom. The van der Waals surface area contributed by atoms with Crippen LogP contribution >= 0.6 is 0 Å². The molecule has 0 saturated heterocycles. The first-order chi connectivity index (χ1) is 9.33. The second kappa shape index (κ2) is 3.73. The molecular weight excluding hydrogens is 210 g/mol. The molecule has 1 amide bonds. The van der Waals surface area contributed by atoms with Gasteiger partial charge in [0.2, 0.25) is 5.91 Å². The molecule has 3 rings (SSSR count). The van der Waals surface area contributed by atoms with Crippen LogP contribution < -0.4 is 5.73 Å². The lowest BCUT2D eigenvalue weighted by molar-refractivity contribution is -0.121. The monoisotopic (exact) mass is 230 g/mol. The van der Waals surface area contributed by atoms with Crippen molar-refractivity contribution >= 4 is 11.5 Å². The highest BCUT2D eigenvalue weighted by Gasteiger charge is 2.32. The summed E-state index contributed by atoms with van der Waals surface area (Å²) in [5, 5.41) is 0. The molecule has 2 heteroatoms. The molecule has 0 aromatic heterocycles. The lowest BCUT2D eigenvalue weighted by Gasteiger charge is -2.22. The molecule has 0 bridgehead atoms. The first kappa shape index (κ1) is 7.70. The van der Waals surface area contributed by atoms with Crippen molar-refractivity contribution in [2.45, 2.75) is 32.6 Å². The Bertz CT molecular complexity index is 649. The summed E-state index contributed by atoms with van der Waals surface area (Å²) in [5.74, 6) is -1.46. The predicted octanol–water partition coefficient (Wildman–Crippen LogP) is 2.59. The van der Waals surface area contributed by atoms with Gasteiger partial charge < -0.3 is 5.73 Å². The molecule has 0 aliphatic heterocycles. The molecule has 0 saturated carbocycles. The summed E-state index contributed by atoms with van der Waals surface area (Å²) in [7, 11) is 0. The quantitative estimate of drug-likeness (QED) is 0.791. The maximum atomic E-state index is 11.7. The Morgan fingerprint density at radius 2 is 2.41 bits per heavy atom. The highest BCUT2D eigenvalue weighted by atomic mass is 16.1. The third-order valence-electron chi connectivity index (χ3n) is 3.60. The number of carbonyl (C=O) groups excluding carboxylic acids is 1. The van der Waals surface area contributed by atoms with E-state index in [2.05, 4.69) is 0 Å². The van der Waals surface area contributed by atoms with Crippen LogP contribution in [0.5, 0.6) is 0 Å². The van der Waals surface area contributed by atoms with E-state index in [0.29, 0.717) is 18.9 Å². The molecule has 88 valence electrons. The summed E-state index contributed by atoms with van der Waals surface area (Å²) in [6, 6.07) is 4.39. The predicted molar refractivity (Wildman–Crippen MR) is 68.3 cm³/mol. The van der Waals surface area contributed by atoms with E-state index in [1.165, 1.54) is 0 Å². The number of aryl methyl sites for hydroxylation is 1. The minimum absolute atomic E-state index is 0.284. The maximum absolute atomic E-state index is 11.7. The van der Waals surface area contributed by atoms with E-state index in [-0.39, 0.29) is 6.42 Å². The van der Waals surface area contributed by atoms with E-state index < -0.39 is 18.2 Å². The summed E-state index contributed by atoms with van der Waals surface area (Å²) < 4.78 is 24.3. The summed E-state index contributed by atoms with van der Waals surface area (Å²) >= 11 is 0. The van der Waals surface area contributed by atoms with Gasteiger partial charge in [0.15, 0.2) is 0 Å². The summed E-state index contributed by atoms with van der Waals surface area (Å²) in [6.07, 6.45) is -0.172. The van der Waals surface area contributed by atoms with Gasteiger partial charge in [-0.15, -0.1) is 0 Å². The second-order valence-electron chi connectivity index (χ2n) is 4.76. The van der Waals surface area contributed by atoms with Crippen molar-refractivity contribution in [1.82, 2.24) is 0 Å². The lowest BCUT2D eigenvalue weighted by Crippen LogP contribution is -2.27. The molecule has 0 heterocycles. The Balaban J connectivity index is 2.18. The van der Waals surface area contributed by atoms with Crippen molar-refractivity contribution in [1.29, 1.82) is 0 Å². The zero-order valence-electron chi connectivity index (χ0n) is 12.8. The first-order valence-electron chi connectivity index (χ1n) is 7.43. The molecule has 1 aromatic rings. The minimum atomic E-state index is -1.58. The van der Waals surface area contributed by atoms with Crippen LogP contribution in [-0.2, 0) is 11.2 Å². The molecule has 2 aliphatic rings. The maximum Gasteiger partial charge on any atom is 0.224 e. The topological polar surface area (TPSA) is 43.1 Å². The molecule has 1 aromatic carbocycles. The van der Waals surface area contributed by atoms with Crippen LogP contribution in [0.25, 0.3) is 5.57 Å². The Labute approximate surface area is 106 Å².